The lowest BCUT2D eigenvalue weighted by Gasteiger charge is -2.07. The van der Waals surface area contributed by atoms with Gasteiger partial charge in [0.25, 0.3) is 0 Å². The third kappa shape index (κ3) is 1.24. The number of halogens is 1. The Labute approximate surface area is 103 Å². The van der Waals surface area contributed by atoms with Gasteiger partial charge in [-0.15, -0.1) is 0 Å². The van der Waals surface area contributed by atoms with Crippen LogP contribution in [0.15, 0.2) is 18.2 Å². The Balaban J connectivity index is 2.07. The van der Waals surface area contributed by atoms with Gasteiger partial charge in [0.2, 0.25) is 5.91 Å². The highest BCUT2D eigenvalue weighted by Gasteiger charge is 2.68. The smallest absolute Gasteiger partial charge is 0.310 e. The fourth-order valence-corrected chi connectivity index (χ4v) is 2.76. The molecule has 1 spiro atoms. The predicted molar refractivity (Wildman–Crippen MR) is 61.9 cm³/mol. The molecule has 1 heterocycles. The van der Waals surface area contributed by atoms with Crippen LogP contribution < -0.4 is 5.32 Å². The molecule has 0 bridgehead atoms. The number of hydrogen-bond donors (Lipinski definition) is 1. The summed E-state index contributed by atoms with van der Waals surface area (Å²) in [5.74, 6) is -0.856. The molecular weight excluding hydrogens is 242 g/mol. The van der Waals surface area contributed by atoms with E-state index in [4.69, 9.17) is 16.3 Å². The van der Waals surface area contributed by atoms with Crippen LogP contribution in [0.25, 0.3) is 0 Å². The second kappa shape index (κ2) is 3.23. The fraction of sp³-hybridized carbons (Fsp3) is 0.333. The minimum Gasteiger partial charge on any atom is -0.469 e. The highest BCUT2D eigenvalue weighted by molar-refractivity contribution is 6.31. The molecule has 0 aromatic heterocycles. The van der Waals surface area contributed by atoms with E-state index in [1.165, 1.54) is 7.11 Å². The number of fused-ring (bicyclic) bond motifs is 2. The number of benzene rings is 1. The van der Waals surface area contributed by atoms with Crippen molar-refractivity contribution in [1.29, 1.82) is 0 Å². The number of amides is 1. The minimum absolute atomic E-state index is 0.134. The van der Waals surface area contributed by atoms with Gasteiger partial charge in [-0.2, -0.15) is 0 Å². The summed E-state index contributed by atoms with van der Waals surface area (Å²) < 4.78 is 4.70. The van der Waals surface area contributed by atoms with Crippen molar-refractivity contribution >= 4 is 29.2 Å². The fourth-order valence-electron chi connectivity index (χ4n) is 2.59. The van der Waals surface area contributed by atoms with E-state index in [9.17, 15) is 9.59 Å². The number of rotatable bonds is 1. The molecule has 0 radical (unpaired) electrons. The van der Waals surface area contributed by atoms with Crippen LogP contribution >= 0.6 is 11.6 Å². The van der Waals surface area contributed by atoms with E-state index < -0.39 is 5.41 Å². The molecule has 88 valence electrons. The number of anilines is 1. The molecule has 1 saturated carbocycles. The molecule has 5 heteroatoms. The van der Waals surface area contributed by atoms with Gasteiger partial charge in [-0.3, -0.25) is 9.59 Å². The molecule has 1 aliphatic heterocycles. The van der Waals surface area contributed by atoms with Crippen molar-refractivity contribution in [1.82, 2.24) is 0 Å². The van der Waals surface area contributed by atoms with Crippen molar-refractivity contribution in [2.75, 3.05) is 12.4 Å². The molecule has 1 N–H and O–H groups in total. The zero-order valence-corrected chi connectivity index (χ0v) is 9.88. The lowest BCUT2D eigenvalue weighted by atomic mass is 9.95. The first-order chi connectivity index (χ1) is 8.09. The van der Waals surface area contributed by atoms with Crippen LogP contribution in [0.3, 0.4) is 0 Å². The minimum atomic E-state index is -0.743. The monoisotopic (exact) mass is 251 g/mol. The molecule has 1 fully saturated rings. The summed E-state index contributed by atoms with van der Waals surface area (Å²) in [4.78, 5) is 23.5. The van der Waals surface area contributed by atoms with Crippen LogP contribution in [0.4, 0.5) is 5.69 Å². The summed E-state index contributed by atoms with van der Waals surface area (Å²) in [6, 6.07) is 5.23. The number of nitrogens with one attached hydrogen (secondary N) is 1. The SMILES string of the molecule is COC(=O)[C@H]1C[C@@]12C(=O)Nc1ccc(Cl)cc12. The first-order valence-electron chi connectivity index (χ1n) is 5.29. The van der Waals surface area contributed by atoms with Gasteiger partial charge in [-0.05, 0) is 30.2 Å². The molecular formula is C12H10ClNO3. The maximum atomic E-state index is 12.0. The quantitative estimate of drug-likeness (QED) is 0.774. The van der Waals surface area contributed by atoms with Gasteiger partial charge in [-0.1, -0.05) is 11.6 Å². The van der Waals surface area contributed by atoms with E-state index in [1.807, 2.05) is 0 Å². The van der Waals surface area contributed by atoms with E-state index in [0.29, 0.717) is 11.4 Å². The number of esters is 1. The summed E-state index contributed by atoms with van der Waals surface area (Å²) in [5, 5.41) is 3.35. The molecule has 1 amide bonds. The maximum absolute atomic E-state index is 12.0. The molecule has 0 saturated heterocycles. The van der Waals surface area contributed by atoms with Gasteiger partial charge in [0.1, 0.15) is 0 Å². The molecule has 2 atom stereocenters. The number of carbonyl (C=O) groups is 2. The molecule has 17 heavy (non-hydrogen) atoms. The summed E-state index contributed by atoms with van der Waals surface area (Å²) in [5.41, 5.74) is 0.809. The molecule has 0 unspecified atom stereocenters. The van der Waals surface area contributed by atoms with Crippen molar-refractivity contribution in [2.24, 2.45) is 5.92 Å². The largest absolute Gasteiger partial charge is 0.469 e. The zero-order chi connectivity index (χ0) is 12.2. The van der Waals surface area contributed by atoms with E-state index in [1.54, 1.807) is 18.2 Å². The van der Waals surface area contributed by atoms with E-state index >= 15 is 0 Å². The van der Waals surface area contributed by atoms with Gasteiger partial charge in [0, 0.05) is 10.7 Å². The zero-order valence-electron chi connectivity index (χ0n) is 9.12. The maximum Gasteiger partial charge on any atom is 0.310 e. The van der Waals surface area contributed by atoms with Crippen LogP contribution in [-0.4, -0.2) is 19.0 Å². The van der Waals surface area contributed by atoms with E-state index in [2.05, 4.69) is 5.32 Å². The Kier molecular flexibility index (Phi) is 2.01. The van der Waals surface area contributed by atoms with Crippen LogP contribution in [-0.2, 0) is 19.7 Å². The molecule has 4 nitrogen and oxygen atoms in total. The Morgan fingerprint density at radius 1 is 1.59 bits per heavy atom. The van der Waals surface area contributed by atoms with E-state index in [-0.39, 0.29) is 17.8 Å². The normalized spacial score (nSPS) is 28.8. The summed E-state index contributed by atoms with van der Waals surface area (Å²) >= 11 is 5.93. The highest BCUT2D eigenvalue weighted by Crippen LogP contribution is 2.60. The molecule has 3 rings (SSSR count). The number of methoxy groups -OCH3 is 1. The molecule has 1 aromatic rings. The topological polar surface area (TPSA) is 55.4 Å². The standard InChI is InChI=1S/C12H10ClNO3/c1-17-10(15)8-5-12(8)7-4-6(13)2-3-9(7)14-11(12)16/h2-4,8H,5H2,1H3,(H,14,16)/t8-,12+/m1/s1. The number of ether oxygens (including phenoxy) is 1. The van der Waals surface area contributed by atoms with E-state index in [0.717, 1.165) is 11.3 Å². The summed E-state index contributed by atoms with van der Waals surface area (Å²) in [6.07, 6.45) is 0.499. The van der Waals surface area contributed by atoms with Gasteiger partial charge in [0.05, 0.1) is 18.4 Å². The molecule has 1 aromatic carbocycles. The third-order valence-electron chi connectivity index (χ3n) is 3.56. The van der Waals surface area contributed by atoms with Crippen molar-refractivity contribution in [3.63, 3.8) is 0 Å². The third-order valence-corrected chi connectivity index (χ3v) is 3.80. The summed E-state index contributed by atoms with van der Waals surface area (Å²) in [6.45, 7) is 0. The molecule has 1 aliphatic carbocycles. The van der Waals surface area contributed by atoms with Crippen molar-refractivity contribution in [3.05, 3.63) is 28.8 Å². The second-order valence-electron chi connectivity index (χ2n) is 4.40. The van der Waals surface area contributed by atoms with Crippen molar-refractivity contribution in [2.45, 2.75) is 11.8 Å². The van der Waals surface area contributed by atoms with Gasteiger partial charge >= 0.3 is 5.97 Å². The Bertz CT molecular complexity index is 543. The summed E-state index contributed by atoms with van der Waals surface area (Å²) in [7, 11) is 1.33. The lowest BCUT2D eigenvalue weighted by Crippen LogP contribution is -2.24. The Morgan fingerprint density at radius 2 is 2.35 bits per heavy atom. The van der Waals surface area contributed by atoms with Gasteiger partial charge in [-0.25, -0.2) is 0 Å². The van der Waals surface area contributed by atoms with Gasteiger partial charge < -0.3 is 10.1 Å². The van der Waals surface area contributed by atoms with Crippen LogP contribution in [0.2, 0.25) is 5.02 Å². The molecule has 2 aliphatic rings. The average molecular weight is 252 g/mol. The Hall–Kier alpha value is -1.55. The lowest BCUT2D eigenvalue weighted by molar-refractivity contribution is -0.143. The Morgan fingerprint density at radius 3 is 3.06 bits per heavy atom. The first-order valence-corrected chi connectivity index (χ1v) is 5.66. The van der Waals surface area contributed by atoms with Crippen molar-refractivity contribution in [3.8, 4) is 0 Å². The van der Waals surface area contributed by atoms with Gasteiger partial charge in [0.15, 0.2) is 0 Å². The van der Waals surface area contributed by atoms with Crippen LogP contribution in [0.1, 0.15) is 12.0 Å². The number of carbonyl (C=O) groups excluding carboxylic acids is 2. The van der Waals surface area contributed by atoms with Crippen molar-refractivity contribution < 1.29 is 14.3 Å². The average Bonchev–Trinajstić information content (AvgIpc) is 3.00. The number of hydrogen-bond acceptors (Lipinski definition) is 3. The first kappa shape index (κ1) is 10.6. The van der Waals surface area contributed by atoms with Crippen LogP contribution in [0, 0.1) is 5.92 Å². The van der Waals surface area contributed by atoms with Crippen LogP contribution in [0.5, 0.6) is 0 Å². The predicted octanol–water partition coefficient (Wildman–Crippen LogP) is 1.72. The highest BCUT2D eigenvalue weighted by atomic mass is 35.5. The second-order valence-corrected chi connectivity index (χ2v) is 4.83.